The summed E-state index contributed by atoms with van der Waals surface area (Å²) in [7, 11) is 3.76. The summed E-state index contributed by atoms with van der Waals surface area (Å²) in [5.74, 6) is -0.368. The lowest BCUT2D eigenvalue weighted by Gasteiger charge is -2.23. The van der Waals surface area contributed by atoms with Gasteiger partial charge in [0.25, 0.3) is 0 Å². The van der Waals surface area contributed by atoms with Gasteiger partial charge < -0.3 is 46.2 Å². The van der Waals surface area contributed by atoms with Crippen LogP contribution in [0.25, 0.3) is 0 Å². The largest absolute Gasteiger partial charge is 0.444 e. The monoisotopic (exact) mass is 656 g/mol. The van der Waals surface area contributed by atoms with Crippen molar-refractivity contribution in [3.63, 3.8) is 0 Å². The third-order valence-corrected chi connectivity index (χ3v) is 6.91. The molecular formula is C33H64N6O7. The number of rotatable bonds is 24. The number of unbranched alkanes of at least 4 members (excludes halogenated alkanes) is 3. The highest BCUT2D eigenvalue weighted by Crippen LogP contribution is 2.11. The minimum atomic E-state index is -0.580. The minimum absolute atomic E-state index is 0.0335. The van der Waals surface area contributed by atoms with Gasteiger partial charge in [-0.1, -0.05) is 6.42 Å². The Hall–Kier alpha value is -2.93. The van der Waals surface area contributed by atoms with Crippen LogP contribution in [0.5, 0.6) is 0 Å². The average molecular weight is 657 g/mol. The Morgan fingerprint density at radius 2 is 1.02 bits per heavy atom. The van der Waals surface area contributed by atoms with Gasteiger partial charge in [-0.25, -0.2) is 9.59 Å². The second-order valence-electron chi connectivity index (χ2n) is 13.8. The SMILES string of the molecule is CNCCCCC(CC(=O)NC(CCCCNC(=O)OC(C)(C)C)CC(=O)NC(CC=O)CCCCNC(=O)OC(C)(C)C)NC. The molecule has 0 aliphatic heterocycles. The van der Waals surface area contributed by atoms with E-state index >= 15 is 0 Å². The topological polar surface area (TPSA) is 176 Å². The van der Waals surface area contributed by atoms with Gasteiger partial charge in [0.2, 0.25) is 11.8 Å². The Bertz CT molecular complexity index is 889. The molecule has 0 saturated heterocycles. The molecule has 46 heavy (non-hydrogen) atoms. The van der Waals surface area contributed by atoms with E-state index in [1.807, 2.05) is 14.1 Å². The summed E-state index contributed by atoms with van der Waals surface area (Å²) in [4.78, 5) is 61.2. The highest BCUT2D eigenvalue weighted by atomic mass is 16.6. The average Bonchev–Trinajstić information content (AvgIpc) is 2.92. The molecule has 3 atom stereocenters. The Morgan fingerprint density at radius 1 is 0.609 bits per heavy atom. The number of aldehydes is 1. The van der Waals surface area contributed by atoms with E-state index in [2.05, 4.69) is 31.9 Å². The quantitative estimate of drug-likeness (QED) is 0.0668. The van der Waals surface area contributed by atoms with E-state index in [1.54, 1.807) is 41.5 Å². The van der Waals surface area contributed by atoms with E-state index < -0.39 is 29.4 Å². The predicted molar refractivity (Wildman–Crippen MR) is 181 cm³/mol. The molecule has 0 radical (unpaired) electrons. The van der Waals surface area contributed by atoms with Crippen LogP contribution in [0.3, 0.4) is 0 Å². The molecule has 0 bridgehead atoms. The first-order valence-electron chi connectivity index (χ1n) is 16.9. The number of ether oxygens (including phenoxy) is 2. The lowest BCUT2D eigenvalue weighted by molar-refractivity contribution is -0.124. The van der Waals surface area contributed by atoms with Crippen LogP contribution in [0.15, 0.2) is 0 Å². The fraction of sp³-hybridized carbons (Fsp3) is 0.848. The summed E-state index contributed by atoms with van der Waals surface area (Å²) in [6.07, 6.45) is 7.09. The molecule has 0 aromatic carbocycles. The van der Waals surface area contributed by atoms with Crippen molar-refractivity contribution in [1.82, 2.24) is 31.9 Å². The Labute approximate surface area is 277 Å². The molecule has 0 fully saturated rings. The molecule has 0 aromatic heterocycles. The van der Waals surface area contributed by atoms with Gasteiger partial charge in [-0.3, -0.25) is 9.59 Å². The van der Waals surface area contributed by atoms with Crippen LogP contribution in [0, 0.1) is 0 Å². The summed E-state index contributed by atoms with van der Waals surface area (Å²) in [6.45, 7) is 12.6. The van der Waals surface area contributed by atoms with E-state index in [4.69, 9.17) is 9.47 Å². The Balaban J connectivity index is 5.02. The lowest BCUT2D eigenvalue weighted by Crippen LogP contribution is -2.43. The first-order chi connectivity index (χ1) is 21.6. The normalized spacial score (nSPS) is 13.6. The maximum Gasteiger partial charge on any atom is 0.407 e. The molecule has 13 heteroatoms. The van der Waals surface area contributed by atoms with Gasteiger partial charge in [0.15, 0.2) is 0 Å². The molecule has 0 aromatic rings. The van der Waals surface area contributed by atoms with Gasteiger partial charge in [-0.15, -0.1) is 0 Å². The molecule has 13 nitrogen and oxygen atoms in total. The first kappa shape index (κ1) is 43.1. The number of nitrogens with one attached hydrogen (secondary N) is 6. The van der Waals surface area contributed by atoms with Gasteiger partial charge in [0.1, 0.15) is 17.5 Å². The fourth-order valence-corrected chi connectivity index (χ4v) is 4.69. The zero-order valence-corrected chi connectivity index (χ0v) is 29.8. The molecule has 0 saturated carbocycles. The Morgan fingerprint density at radius 3 is 1.46 bits per heavy atom. The molecule has 0 heterocycles. The molecule has 268 valence electrons. The highest BCUT2D eigenvalue weighted by Gasteiger charge is 2.21. The van der Waals surface area contributed by atoms with Gasteiger partial charge in [0.05, 0.1) is 0 Å². The molecule has 0 spiro atoms. The molecule has 3 unspecified atom stereocenters. The van der Waals surface area contributed by atoms with Gasteiger partial charge in [0, 0.05) is 50.5 Å². The third-order valence-electron chi connectivity index (χ3n) is 6.91. The van der Waals surface area contributed by atoms with E-state index in [0.29, 0.717) is 58.0 Å². The van der Waals surface area contributed by atoms with Crippen LogP contribution in [0.2, 0.25) is 0 Å². The van der Waals surface area contributed by atoms with Crippen molar-refractivity contribution < 1.29 is 33.4 Å². The maximum absolute atomic E-state index is 13.1. The standard InChI is InChI=1S/C33H64N6O7/c1-32(2,3)45-30(43)36-20-13-10-15-25(18-22-40)38-29(42)24-27(17-11-14-21-37-31(44)46-33(4,5)6)39-28(41)23-26(35-8)16-9-12-19-34-7/h22,25-27,34-35H,9-21,23-24H2,1-8H3,(H,36,43)(H,37,44)(H,38,42)(H,39,41). The zero-order chi connectivity index (χ0) is 35.0. The van der Waals surface area contributed by atoms with Crippen molar-refractivity contribution in [2.24, 2.45) is 0 Å². The van der Waals surface area contributed by atoms with Gasteiger partial charge >= 0.3 is 12.2 Å². The number of carbonyl (C=O) groups is 5. The van der Waals surface area contributed by atoms with Crippen molar-refractivity contribution in [2.45, 2.75) is 148 Å². The predicted octanol–water partition coefficient (Wildman–Crippen LogP) is 3.69. The van der Waals surface area contributed by atoms with E-state index in [1.165, 1.54) is 0 Å². The molecular weight excluding hydrogens is 592 g/mol. The van der Waals surface area contributed by atoms with Crippen LogP contribution in [-0.2, 0) is 23.9 Å². The van der Waals surface area contributed by atoms with Gasteiger partial charge in [-0.05, 0) is 114 Å². The number of hydrogen-bond acceptors (Lipinski definition) is 9. The summed E-state index contributed by atoms with van der Waals surface area (Å²) in [6, 6.07) is -0.705. The molecule has 4 amide bonds. The molecule has 0 aliphatic rings. The van der Waals surface area contributed by atoms with E-state index in [-0.39, 0.29) is 36.7 Å². The van der Waals surface area contributed by atoms with E-state index in [9.17, 15) is 24.0 Å². The van der Waals surface area contributed by atoms with Crippen molar-refractivity contribution in [2.75, 3.05) is 33.7 Å². The van der Waals surface area contributed by atoms with Crippen LogP contribution in [-0.4, -0.2) is 93.3 Å². The third kappa shape index (κ3) is 26.3. The van der Waals surface area contributed by atoms with Crippen LogP contribution >= 0.6 is 0 Å². The zero-order valence-electron chi connectivity index (χ0n) is 29.8. The van der Waals surface area contributed by atoms with Crippen LogP contribution in [0.4, 0.5) is 9.59 Å². The minimum Gasteiger partial charge on any atom is -0.444 e. The van der Waals surface area contributed by atoms with Crippen molar-refractivity contribution in [1.29, 1.82) is 0 Å². The van der Waals surface area contributed by atoms with E-state index in [0.717, 1.165) is 32.1 Å². The smallest absolute Gasteiger partial charge is 0.407 e. The summed E-state index contributed by atoms with van der Waals surface area (Å²) in [5, 5.41) is 17.8. The van der Waals surface area contributed by atoms with Crippen LogP contribution in [0.1, 0.15) is 119 Å². The van der Waals surface area contributed by atoms with Crippen molar-refractivity contribution in [3.8, 4) is 0 Å². The number of amides is 4. The fourth-order valence-electron chi connectivity index (χ4n) is 4.69. The highest BCUT2D eigenvalue weighted by molar-refractivity contribution is 5.80. The Kier molecular flexibility index (Phi) is 22.7. The summed E-state index contributed by atoms with van der Waals surface area (Å²) < 4.78 is 10.5. The summed E-state index contributed by atoms with van der Waals surface area (Å²) in [5.41, 5.74) is -1.15. The number of alkyl carbamates (subject to hydrolysis) is 2. The first-order valence-corrected chi connectivity index (χ1v) is 16.9. The van der Waals surface area contributed by atoms with Crippen molar-refractivity contribution in [3.05, 3.63) is 0 Å². The number of carbonyl (C=O) groups excluding carboxylic acids is 5. The van der Waals surface area contributed by atoms with Gasteiger partial charge in [-0.2, -0.15) is 0 Å². The maximum atomic E-state index is 13.1. The van der Waals surface area contributed by atoms with Crippen molar-refractivity contribution >= 4 is 30.3 Å². The summed E-state index contributed by atoms with van der Waals surface area (Å²) >= 11 is 0. The van der Waals surface area contributed by atoms with Crippen LogP contribution < -0.4 is 31.9 Å². The molecule has 6 N–H and O–H groups in total. The molecule has 0 rings (SSSR count). The molecule has 0 aliphatic carbocycles. The second-order valence-corrected chi connectivity index (χ2v) is 13.8. The number of hydrogen-bond donors (Lipinski definition) is 6. The second kappa shape index (κ2) is 24.3. The lowest BCUT2D eigenvalue weighted by atomic mass is 10.0.